The van der Waals surface area contributed by atoms with Crippen LogP contribution in [0.15, 0.2) is 16.7 Å². The van der Waals surface area contributed by atoms with Gasteiger partial charge in [0.15, 0.2) is 10.0 Å². The molecule has 2 heterocycles. The van der Waals surface area contributed by atoms with E-state index in [1.165, 1.54) is 22.7 Å². The number of hydrazone groups is 1. The number of halogens is 3. The van der Waals surface area contributed by atoms with Crippen LogP contribution in [0, 0.1) is 5.92 Å². The Bertz CT molecular complexity index is 996. The van der Waals surface area contributed by atoms with Crippen LogP contribution in [0.1, 0.15) is 66.2 Å². The number of amides is 2. The lowest BCUT2D eigenvalue weighted by molar-refractivity contribution is -0.122. The molecule has 0 aliphatic heterocycles. The molecule has 2 aromatic rings. The average Bonchev–Trinajstić information content (AvgIpc) is 3.67. The predicted octanol–water partition coefficient (Wildman–Crippen LogP) is 4.49. The van der Waals surface area contributed by atoms with Crippen molar-refractivity contribution in [3.05, 3.63) is 22.1 Å². The molecule has 32 heavy (non-hydrogen) atoms. The molecular formula is C20H22F3N5O2S2. The fraction of sp³-hybridized carbons (Fsp3) is 0.550. The number of rotatable bonds is 10. The van der Waals surface area contributed by atoms with Gasteiger partial charge in [-0.15, -0.1) is 22.7 Å². The van der Waals surface area contributed by atoms with Gasteiger partial charge in [0, 0.05) is 28.9 Å². The minimum absolute atomic E-state index is 0.175. The quantitative estimate of drug-likeness (QED) is 0.294. The second-order valence-electron chi connectivity index (χ2n) is 7.86. The Morgan fingerprint density at radius 3 is 2.56 bits per heavy atom. The van der Waals surface area contributed by atoms with E-state index in [4.69, 9.17) is 0 Å². The van der Waals surface area contributed by atoms with Gasteiger partial charge in [0.25, 0.3) is 5.91 Å². The summed E-state index contributed by atoms with van der Waals surface area (Å²) in [4.78, 5) is 33.9. The van der Waals surface area contributed by atoms with Crippen molar-refractivity contribution < 1.29 is 22.8 Å². The van der Waals surface area contributed by atoms with Crippen molar-refractivity contribution in [3.8, 4) is 10.0 Å². The zero-order valence-electron chi connectivity index (χ0n) is 17.1. The van der Waals surface area contributed by atoms with Gasteiger partial charge in [-0.3, -0.25) is 9.59 Å². The van der Waals surface area contributed by atoms with Crippen molar-refractivity contribution >= 4 is 40.2 Å². The number of alkyl halides is 3. The smallest absolute Gasteiger partial charge is 0.351 e. The molecule has 0 radical (unpaired) electrons. The van der Waals surface area contributed by atoms with Crippen LogP contribution in [0.2, 0.25) is 0 Å². The van der Waals surface area contributed by atoms with Gasteiger partial charge < -0.3 is 5.32 Å². The summed E-state index contributed by atoms with van der Waals surface area (Å²) in [6.45, 7) is 0.229. The maximum Gasteiger partial charge on any atom is 0.431 e. The molecule has 0 spiro atoms. The summed E-state index contributed by atoms with van der Waals surface area (Å²) in [5.74, 6) is -0.651. The number of nitrogens with one attached hydrogen (secondary N) is 2. The summed E-state index contributed by atoms with van der Waals surface area (Å²) >= 11 is 2.94. The third-order valence-electron chi connectivity index (χ3n) is 5.13. The van der Waals surface area contributed by atoms with Crippen LogP contribution < -0.4 is 10.7 Å². The standard InChI is InChI=1S/C20H22F3N5O2S2/c21-20(22,23)13(27-28-16(29)12-6-7-12)3-1-2-8-24-17(30)14-15(11-4-5-11)32-19(26-14)18-25-9-10-31-18/h9-12H,1-8H2,(H,24,30)(H,28,29)/b27-13-. The molecule has 2 aromatic heterocycles. The Labute approximate surface area is 190 Å². The van der Waals surface area contributed by atoms with E-state index in [1.54, 1.807) is 6.20 Å². The molecule has 2 aliphatic carbocycles. The predicted molar refractivity (Wildman–Crippen MR) is 116 cm³/mol. The van der Waals surface area contributed by atoms with E-state index >= 15 is 0 Å². The molecule has 0 bridgehead atoms. The SMILES string of the molecule is O=C(NCCCC/C(=N/NC(=O)C1CC1)C(F)(F)F)c1nc(-c2nccs2)sc1C1CC1. The van der Waals surface area contributed by atoms with Crippen molar-refractivity contribution in [1.29, 1.82) is 0 Å². The molecule has 172 valence electrons. The maximum absolute atomic E-state index is 13.1. The Morgan fingerprint density at radius 1 is 1.16 bits per heavy atom. The monoisotopic (exact) mass is 485 g/mol. The van der Waals surface area contributed by atoms with E-state index in [2.05, 4.69) is 20.4 Å². The number of hydrogen-bond donors (Lipinski definition) is 2. The van der Waals surface area contributed by atoms with E-state index in [1.807, 2.05) is 10.8 Å². The average molecular weight is 486 g/mol. The summed E-state index contributed by atoms with van der Waals surface area (Å²) in [5, 5.41) is 9.39. The first-order valence-corrected chi connectivity index (χ1v) is 12.1. The molecule has 2 aliphatic rings. The summed E-state index contributed by atoms with van der Waals surface area (Å²) < 4.78 is 39.4. The van der Waals surface area contributed by atoms with E-state index in [0.717, 1.165) is 22.7 Å². The highest BCUT2D eigenvalue weighted by Gasteiger charge is 2.36. The van der Waals surface area contributed by atoms with Crippen molar-refractivity contribution in [2.24, 2.45) is 11.0 Å². The highest BCUT2D eigenvalue weighted by atomic mass is 32.1. The highest BCUT2D eigenvalue weighted by molar-refractivity contribution is 7.20. The van der Waals surface area contributed by atoms with Crippen molar-refractivity contribution in [2.75, 3.05) is 6.54 Å². The van der Waals surface area contributed by atoms with Crippen LogP contribution in [0.3, 0.4) is 0 Å². The third kappa shape index (κ3) is 5.91. The van der Waals surface area contributed by atoms with Crippen molar-refractivity contribution in [1.82, 2.24) is 20.7 Å². The van der Waals surface area contributed by atoms with Crippen molar-refractivity contribution in [2.45, 2.75) is 57.0 Å². The number of aromatic nitrogens is 2. The first kappa shape index (κ1) is 22.8. The van der Waals surface area contributed by atoms with Crippen LogP contribution in [0.25, 0.3) is 10.0 Å². The van der Waals surface area contributed by atoms with Crippen LogP contribution in [-0.2, 0) is 4.79 Å². The topological polar surface area (TPSA) is 96.3 Å². The number of nitrogens with zero attached hydrogens (tertiary/aromatic N) is 3. The van der Waals surface area contributed by atoms with E-state index < -0.39 is 17.8 Å². The van der Waals surface area contributed by atoms with Crippen LogP contribution in [0.5, 0.6) is 0 Å². The first-order valence-electron chi connectivity index (χ1n) is 10.5. The van der Waals surface area contributed by atoms with E-state index in [9.17, 15) is 22.8 Å². The van der Waals surface area contributed by atoms with Gasteiger partial charge >= 0.3 is 6.18 Å². The number of carbonyl (C=O) groups is 2. The summed E-state index contributed by atoms with van der Waals surface area (Å²) in [7, 11) is 0. The minimum Gasteiger partial charge on any atom is -0.351 e. The molecule has 2 N–H and O–H groups in total. The summed E-state index contributed by atoms with van der Waals surface area (Å²) in [6, 6.07) is 0. The van der Waals surface area contributed by atoms with E-state index in [-0.39, 0.29) is 31.2 Å². The molecule has 0 unspecified atom stereocenters. The van der Waals surface area contributed by atoms with Gasteiger partial charge in [-0.25, -0.2) is 15.4 Å². The Balaban J connectivity index is 1.27. The van der Waals surface area contributed by atoms with Gasteiger partial charge in [-0.05, 0) is 50.9 Å². The number of unbranched alkanes of at least 4 members (excludes halogenated alkanes) is 1. The fourth-order valence-corrected chi connectivity index (χ4v) is 4.97. The van der Waals surface area contributed by atoms with E-state index in [0.29, 0.717) is 35.9 Å². The second-order valence-corrected chi connectivity index (χ2v) is 9.79. The molecule has 2 fully saturated rings. The van der Waals surface area contributed by atoms with Gasteiger partial charge in [-0.1, -0.05) is 0 Å². The molecule has 12 heteroatoms. The zero-order valence-corrected chi connectivity index (χ0v) is 18.7. The van der Waals surface area contributed by atoms with Gasteiger partial charge in [0.2, 0.25) is 5.91 Å². The lowest BCUT2D eigenvalue weighted by Gasteiger charge is -2.11. The first-order chi connectivity index (χ1) is 15.3. The lowest BCUT2D eigenvalue weighted by atomic mass is 10.1. The molecule has 0 aromatic carbocycles. The van der Waals surface area contributed by atoms with Gasteiger partial charge in [0.05, 0.1) is 0 Å². The normalized spacial score (nSPS) is 16.8. The maximum atomic E-state index is 13.1. The van der Waals surface area contributed by atoms with Gasteiger partial charge in [0.1, 0.15) is 11.4 Å². The molecule has 0 saturated heterocycles. The fourth-order valence-electron chi connectivity index (χ4n) is 3.06. The Kier molecular flexibility index (Phi) is 6.89. The van der Waals surface area contributed by atoms with Crippen LogP contribution in [0.4, 0.5) is 13.2 Å². The summed E-state index contributed by atoms with van der Waals surface area (Å²) in [6.07, 6.45) is 0.703. The number of carbonyl (C=O) groups excluding carboxylic acids is 2. The molecular weight excluding hydrogens is 463 g/mol. The molecule has 7 nitrogen and oxygen atoms in total. The third-order valence-corrected chi connectivity index (χ3v) is 7.27. The van der Waals surface area contributed by atoms with Crippen LogP contribution in [-0.4, -0.2) is 40.2 Å². The lowest BCUT2D eigenvalue weighted by Crippen LogP contribution is -2.29. The second kappa shape index (κ2) is 9.65. The molecule has 2 saturated carbocycles. The molecule has 4 rings (SSSR count). The van der Waals surface area contributed by atoms with Gasteiger partial charge in [-0.2, -0.15) is 18.3 Å². The number of hydrogen-bond acceptors (Lipinski definition) is 7. The van der Waals surface area contributed by atoms with Crippen LogP contribution >= 0.6 is 22.7 Å². The molecule has 0 atom stereocenters. The zero-order chi connectivity index (χ0) is 22.7. The Hall–Kier alpha value is -2.34. The van der Waals surface area contributed by atoms with Crippen molar-refractivity contribution in [3.63, 3.8) is 0 Å². The minimum atomic E-state index is -4.61. The Morgan fingerprint density at radius 2 is 1.94 bits per heavy atom. The largest absolute Gasteiger partial charge is 0.431 e. The molecule has 2 amide bonds. The highest BCUT2D eigenvalue weighted by Crippen LogP contribution is 2.46. The number of thiazole rings is 2. The summed E-state index contributed by atoms with van der Waals surface area (Å²) in [5.41, 5.74) is 1.40.